The van der Waals surface area contributed by atoms with E-state index in [1.165, 1.54) is 19.3 Å². The second kappa shape index (κ2) is 8.34. The predicted octanol–water partition coefficient (Wildman–Crippen LogP) is 4.63. The van der Waals surface area contributed by atoms with E-state index >= 15 is 0 Å². The van der Waals surface area contributed by atoms with Crippen LogP contribution in [-0.4, -0.2) is 31.9 Å². The SMILES string of the molecule is Cc1nn2c(CN(C(=O)NC3CCCCC3)c3ccccc3)nnc2c2ccccc12. The molecule has 0 radical (unpaired) electrons. The van der Waals surface area contributed by atoms with Crippen molar-refractivity contribution in [3.8, 4) is 0 Å². The summed E-state index contributed by atoms with van der Waals surface area (Å²) >= 11 is 0. The Morgan fingerprint density at radius 2 is 1.71 bits per heavy atom. The first-order chi connectivity index (χ1) is 15.2. The summed E-state index contributed by atoms with van der Waals surface area (Å²) in [5.41, 5.74) is 2.43. The van der Waals surface area contributed by atoms with Crippen molar-refractivity contribution in [3.63, 3.8) is 0 Å². The Morgan fingerprint density at radius 3 is 2.48 bits per heavy atom. The highest BCUT2D eigenvalue weighted by Crippen LogP contribution is 2.23. The third-order valence-corrected chi connectivity index (χ3v) is 6.06. The van der Waals surface area contributed by atoms with Gasteiger partial charge in [0, 0.05) is 22.5 Å². The zero-order valence-corrected chi connectivity index (χ0v) is 17.7. The molecule has 1 aliphatic carbocycles. The number of hydrogen-bond donors (Lipinski definition) is 1. The highest BCUT2D eigenvalue weighted by molar-refractivity contribution is 5.95. The van der Waals surface area contributed by atoms with Gasteiger partial charge in [0.05, 0.1) is 12.2 Å². The third kappa shape index (κ3) is 3.83. The minimum Gasteiger partial charge on any atom is -0.335 e. The zero-order chi connectivity index (χ0) is 21.2. The standard InChI is InChI=1S/C24H26N6O/c1-17-20-14-8-9-15-21(20)23-27-26-22(30(23)28-17)16-29(19-12-6-3-7-13-19)24(31)25-18-10-4-2-5-11-18/h3,6-9,12-15,18H,2,4-5,10-11,16H2,1H3,(H,25,31). The van der Waals surface area contributed by atoms with E-state index in [1.807, 2.05) is 61.5 Å². The smallest absolute Gasteiger partial charge is 0.322 e. The fourth-order valence-corrected chi connectivity index (χ4v) is 4.41. The molecular weight excluding hydrogens is 388 g/mol. The molecule has 7 nitrogen and oxygen atoms in total. The van der Waals surface area contributed by atoms with Crippen LogP contribution < -0.4 is 10.2 Å². The molecule has 5 rings (SSSR count). The van der Waals surface area contributed by atoms with E-state index in [-0.39, 0.29) is 18.6 Å². The van der Waals surface area contributed by atoms with Crippen LogP contribution in [0.5, 0.6) is 0 Å². The number of fused-ring (bicyclic) bond motifs is 3. The number of benzene rings is 2. The van der Waals surface area contributed by atoms with Gasteiger partial charge in [-0.05, 0) is 31.9 Å². The molecule has 1 N–H and O–H groups in total. The third-order valence-electron chi connectivity index (χ3n) is 6.06. The van der Waals surface area contributed by atoms with Gasteiger partial charge in [-0.15, -0.1) is 10.2 Å². The van der Waals surface area contributed by atoms with Crippen molar-refractivity contribution in [1.82, 2.24) is 25.1 Å². The number of aryl methyl sites for hydroxylation is 1. The average molecular weight is 415 g/mol. The van der Waals surface area contributed by atoms with E-state index in [0.29, 0.717) is 11.5 Å². The van der Waals surface area contributed by atoms with Crippen molar-refractivity contribution in [3.05, 3.63) is 66.1 Å². The molecular formula is C24H26N6O. The molecule has 0 saturated heterocycles. The Hall–Kier alpha value is -3.48. The predicted molar refractivity (Wildman–Crippen MR) is 121 cm³/mol. The topological polar surface area (TPSA) is 75.4 Å². The number of para-hydroxylation sites is 1. The highest BCUT2D eigenvalue weighted by Gasteiger charge is 2.23. The molecule has 7 heteroatoms. The summed E-state index contributed by atoms with van der Waals surface area (Å²) in [4.78, 5) is 15.0. The quantitative estimate of drug-likeness (QED) is 0.528. The van der Waals surface area contributed by atoms with Crippen LogP contribution in [0.4, 0.5) is 10.5 Å². The summed E-state index contributed by atoms with van der Waals surface area (Å²) in [6.45, 7) is 2.27. The lowest BCUT2D eigenvalue weighted by Crippen LogP contribution is -2.45. The van der Waals surface area contributed by atoms with Crippen LogP contribution in [0.2, 0.25) is 0 Å². The van der Waals surface area contributed by atoms with Gasteiger partial charge < -0.3 is 5.32 Å². The molecule has 0 atom stereocenters. The molecule has 2 amide bonds. The first-order valence-corrected chi connectivity index (χ1v) is 10.9. The highest BCUT2D eigenvalue weighted by atomic mass is 16.2. The first kappa shape index (κ1) is 19.5. The number of carbonyl (C=O) groups is 1. The van der Waals surface area contributed by atoms with Gasteiger partial charge in [0.2, 0.25) is 0 Å². The van der Waals surface area contributed by atoms with Crippen molar-refractivity contribution in [2.24, 2.45) is 0 Å². The number of hydrogen-bond acceptors (Lipinski definition) is 4. The minimum atomic E-state index is -0.104. The first-order valence-electron chi connectivity index (χ1n) is 10.9. The zero-order valence-electron chi connectivity index (χ0n) is 17.7. The van der Waals surface area contributed by atoms with Crippen LogP contribution in [0.1, 0.15) is 43.6 Å². The monoisotopic (exact) mass is 414 g/mol. The molecule has 31 heavy (non-hydrogen) atoms. The Balaban J connectivity index is 1.50. The van der Waals surface area contributed by atoms with E-state index in [9.17, 15) is 4.79 Å². The van der Waals surface area contributed by atoms with Crippen molar-refractivity contribution < 1.29 is 4.79 Å². The number of aromatic nitrogens is 4. The van der Waals surface area contributed by atoms with Crippen molar-refractivity contribution >= 4 is 28.1 Å². The molecule has 4 aromatic rings. The van der Waals surface area contributed by atoms with Gasteiger partial charge in [-0.2, -0.15) is 9.61 Å². The maximum Gasteiger partial charge on any atom is 0.322 e. The fraction of sp³-hybridized carbons (Fsp3) is 0.333. The van der Waals surface area contributed by atoms with E-state index in [1.54, 1.807) is 9.42 Å². The lowest BCUT2D eigenvalue weighted by atomic mass is 9.96. The summed E-state index contributed by atoms with van der Waals surface area (Å²) in [5.74, 6) is 0.631. The van der Waals surface area contributed by atoms with Gasteiger partial charge >= 0.3 is 6.03 Å². The Kier molecular flexibility index (Phi) is 5.24. The minimum absolute atomic E-state index is 0.104. The lowest BCUT2D eigenvalue weighted by molar-refractivity contribution is 0.237. The van der Waals surface area contributed by atoms with Gasteiger partial charge in [0.1, 0.15) is 0 Å². The number of rotatable bonds is 4. The lowest BCUT2D eigenvalue weighted by Gasteiger charge is -2.28. The molecule has 0 unspecified atom stereocenters. The number of nitrogens with zero attached hydrogens (tertiary/aromatic N) is 5. The Bertz CT molecular complexity index is 1210. The van der Waals surface area contributed by atoms with Gasteiger partial charge in [0.15, 0.2) is 11.5 Å². The van der Waals surface area contributed by atoms with Crippen LogP contribution in [0.15, 0.2) is 54.6 Å². The normalized spacial score (nSPS) is 14.7. The largest absolute Gasteiger partial charge is 0.335 e. The maximum atomic E-state index is 13.3. The average Bonchev–Trinajstić information content (AvgIpc) is 3.21. The van der Waals surface area contributed by atoms with E-state index < -0.39 is 0 Å². The van der Waals surface area contributed by atoms with Crippen LogP contribution in [-0.2, 0) is 6.54 Å². The molecule has 0 aliphatic heterocycles. The van der Waals surface area contributed by atoms with Gasteiger partial charge in [0.25, 0.3) is 0 Å². The van der Waals surface area contributed by atoms with Crippen LogP contribution in [0, 0.1) is 6.92 Å². The summed E-state index contributed by atoms with van der Waals surface area (Å²) < 4.78 is 1.77. The molecule has 0 bridgehead atoms. The second-order valence-corrected chi connectivity index (χ2v) is 8.19. The summed E-state index contributed by atoms with van der Waals surface area (Å²) in [7, 11) is 0. The Morgan fingerprint density at radius 1 is 1.00 bits per heavy atom. The molecule has 2 aromatic carbocycles. The molecule has 0 spiro atoms. The number of anilines is 1. The van der Waals surface area contributed by atoms with E-state index in [0.717, 1.165) is 35.0 Å². The van der Waals surface area contributed by atoms with Crippen molar-refractivity contribution in [2.75, 3.05) is 4.90 Å². The van der Waals surface area contributed by atoms with Crippen LogP contribution in [0.25, 0.3) is 16.4 Å². The second-order valence-electron chi connectivity index (χ2n) is 8.19. The van der Waals surface area contributed by atoms with Gasteiger partial charge in [-0.25, -0.2) is 4.79 Å². The van der Waals surface area contributed by atoms with Gasteiger partial charge in [-0.1, -0.05) is 61.7 Å². The van der Waals surface area contributed by atoms with Crippen molar-refractivity contribution in [2.45, 2.75) is 51.6 Å². The van der Waals surface area contributed by atoms with E-state index in [4.69, 9.17) is 5.10 Å². The fourth-order valence-electron chi connectivity index (χ4n) is 4.41. The number of nitrogens with one attached hydrogen (secondary N) is 1. The number of urea groups is 1. The molecule has 1 aliphatic rings. The molecule has 158 valence electrons. The van der Waals surface area contributed by atoms with Crippen molar-refractivity contribution in [1.29, 1.82) is 0 Å². The summed E-state index contributed by atoms with van der Waals surface area (Å²) in [5, 5.41) is 18.8. The van der Waals surface area contributed by atoms with Crippen LogP contribution in [0.3, 0.4) is 0 Å². The van der Waals surface area contributed by atoms with Crippen LogP contribution >= 0.6 is 0 Å². The molecule has 2 aromatic heterocycles. The summed E-state index contributed by atoms with van der Waals surface area (Å²) in [6, 6.07) is 17.9. The molecule has 1 fully saturated rings. The van der Waals surface area contributed by atoms with Gasteiger partial charge in [-0.3, -0.25) is 4.90 Å². The molecule has 1 saturated carbocycles. The number of amides is 2. The van der Waals surface area contributed by atoms with E-state index in [2.05, 4.69) is 15.5 Å². The Labute approximate surface area is 181 Å². The maximum absolute atomic E-state index is 13.3. The summed E-state index contributed by atoms with van der Waals surface area (Å²) in [6.07, 6.45) is 5.66. The molecule has 2 heterocycles. The number of carbonyl (C=O) groups excluding carboxylic acids is 1.